The van der Waals surface area contributed by atoms with Crippen molar-refractivity contribution < 1.29 is 9.53 Å². The van der Waals surface area contributed by atoms with E-state index in [-0.39, 0.29) is 11.9 Å². The number of amides is 1. The summed E-state index contributed by atoms with van der Waals surface area (Å²) in [6.45, 7) is 11.0. The van der Waals surface area contributed by atoms with E-state index in [1.165, 1.54) is 55.2 Å². The van der Waals surface area contributed by atoms with E-state index >= 15 is 0 Å². The molecular weight excluding hydrogens is 374 g/mol. The Balaban J connectivity index is 1.29. The topological polar surface area (TPSA) is 44.8 Å². The minimum Gasteiger partial charge on any atom is -0.373 e. The molecule has 1 amide bonds. The van der Waals surface area contributed by atoms with Crippen molar-refractivity contribution in [2.45, 2.75) is 83.6 Å². The highest BCUT2D eigenvalue weighted by atomic mass is 16.5. The maximum absolute atomic E-state index is 12.8. The maximum Gasteiger partial charge on any atom is 0.234 e. The van der Waals surface area contributed by atoms with Crippen molar-refractivity contribution >= 4 is 5.91 Å². The predicted octanol–water partition coefficient (Wildman–Crippen LogP) is 3.32. The van der Waals surface area contributed by atoms with Gasteiger partial charge in [-0.15, -0.1) is 0 Å². The van der Waals surface area contributed by atoms with Crippen molar-refractivity contribution in [3.05, 3.63) is 34.9 Å². The summed E-state index contributed by atoms with van der Waals surface area (Å²) < 4.78 is 5.87. The lowest BCUT2D eigenvalue weighted by Crippen LogP contribution is -2.51. The van der Waals surface area contributed by atoms with Gasteiger partial charge < -0.3 is 10.1 Å². The van der Waals surface area contributed by atoms with E-state index in [2.05, 4.69) is 54.1 Å². The first-order valence-electron chi connectivity index (χ1n) is 12.0. The molecule has 2 heterocycles. The van der Waals surface area contributed by atoms with Crippen molar-refractivity contribution in [3.8, 4) is 0 Å². The number of carbonyl (C=O) groups excluding carboxylic acids is 1. The summed E-state index contributed by atoms with van der Waals surface area (Å²) in [6, 6.07) is 7.33. The molecule has 0 aromatic heterocycles. The van der Waals surface area contributed by atoms with Crippen LogP contribution in [0.2, 0.25) is 0 Å². The zero-order valence-electron chi connectivity index (χ0n) is 19.0. The Morgan fingerprint density at radius 1 is 1.13 bits per heavy atom. The van der Waals surface area contributed by atoms with Gasteiger partial charge >= 0.3 is 0 Å². The summed E-state index contributed by atoms with van der Waals surface area (Å²) in [6.07, 6.45) is 7.94. The number of nitrogens with one attached hydrogen (secondary N) is 1. The number of fused-ring (bicyclic) bond motifs is 1. The molecule has 30 heavy (non-hydrogen) atoms. The molecule has 1 aromatic rings. The fourth-order valence-corrected chi connectivity index (χ4v) is 5.62. The van der Waals surface area contributed by atoms with Crippen molar-refractivity contribution in [3.63, 3.8) is 0 Å². The van der Waals surface area contributed by atoms with Gasteiger partial charge in [-0.2, -0.15) is 0 Å². The standard InChI is InChI=1S/C25H39N3O2/c1-18-14-27(15-19(2)30-18)16-24-9-6-12-28(24)17-25(29)26-20(3)22-11-10-21-7-4-5-8-23(21)13-22/h10-11,13,18-20,24H,4-9,12,14-17H2,1-3H3,(H,26,29)/t18-,19+,20-,24+/m1/s1. The molecule has 1 aromatic carbocycles. The first-order chi connectivity index (χ1) is 14.5. The number of hydrogen-bond donors (Lipinski definition) is 1. The molecular formula is C25H39N3O2. The molecule has 2 saturated heterocycles. The molecule has 0 unspecified atom stereocenters. The molecule has 0 saturated carbocycles. The summed E-state index contributed by atoms with van der Waals surface area (Å²) in [5, 5.41) is 3.25. The van der Waals surface area contributed by atoms with Crippen LogP contribution in [0.4, 0.5) is 0 Å². The highest BCUT2D eigenvalue weighted by Crippen LogP contribution is 2.25. The van der Waals surface area contributed by atoms with E-state index in [1.54, 1.807) is 0 Å². The van der Waals surface area contributed by atoms with Crippen LogP contribution < -0.4 is 5.32 Å². The number of carbonyl (C=O) groups is 1. The summed E-state index contributed by atoms with van der Waals surface area (Å²) in [5.74, 6) is 0.149. The fraction of sp³-hybridized carbons (Fsp3) is 0.720. The molecule has 4 atom stereocenters. The molecule has 3 aliphatic rings. The van der Waals surface area contributed by atoms with E-state index in [1.807, 2.05) is 0 Å². The Bertz CT molecular complexity index is 727. The van der Waals surface area contributed by atoms with Crippen molar-refractivity contribution in [2.75, 3.05) is 32.7 Å². The minimum absolute atomic E-state index is 0.0618. The van der Waals surface area contributed by atoms with Crippen LogP contribution >= 0.6 is 0 Å². The van der Waals surface area contributed by atoms with Gasteiger partial charge in [0.2, 0.25) is 5.91 Å². The second-order valence-electron chi connectivity index (χ2n) is 9.77. The fourth-order valence-electron chi connectivity index (χ4n) is 5.62. The molecule has 0 radical (unpaired) electrons. The number of ether oxygens (including phenoxy) is 1. The number of likely N-dealkylation sites (tertiary alicyclic amines) is 1. The van der Waals surface area contributed by atoms with Crippen LogP contribution in [0.1, 0.15) is 69.2 Å². The van der Waals surface area contributed by atoms with Crippen LogP contribution in [0.3, 0.4) is 0 Å². The number of aryl methyl sites for hydroxylation is 2. The van der Waals surface area contributed by atoms with Crippen LogP contribution in [-0.2, 0) is 22.4 Å². The lowest BCUT2D eigenvalue weighted by molar-refractivity contribution is -0.123. The van der Waals surface area contributed by atoms with Crippen LogP contribution in [0, 0.1) is 0 Å². The Labute approximate surface area is 182 Å². The van der Waals surface area contributed by atoms with Gasteiger partial charge in [-0.05, 0) is 82.5 Å². The molecule has 0 spiro atoms. The highest BCUT2D eigenvalue weighted by Gasteiger charge is 2.31. The van der Waals surface area contributed by atoms with Gasteiger partial charge in [0.1, 0.15) is 0 Å². The number of rotatable bonds is 6. The van der Waals surface area contributed by atoms with Crippen LogP contribution in [0.25, 0.3) is 0 Å². The molecule has 5 heteroatoms. The van der Waals surface area contributed by atoms with Crippen LogP contribution in [-0.4, -0.2) is 66.7 Å². The first kappa shape index (κ1) is 21.8. The first-order valence-corrected chi connectivity index (χ1v) is 12.0. The minimum atomic E-state index is 0.0618. The molecule has 4 rings (SSSR count). The third-order valence-electron chi connectivity index (χ3n) is 7.06. The van der Waals surface area contributed by atoms with Gasteiger partial charge in [0.05, 0.1) is 24.8 Å². The molecule has 1 aliphatic carbocycles. The van der Waals surface area contributed by atoms with Gasteiger partial charge in [0.15, 0.2) is 0 Å². The average Bonchev–Trinajstić information content (AvgIpc) is 3.13. The molecule has 1 N–H and O–H groups in total. The lowest BCUT2D eigenvalue weighted by atomic mass is 9.89. The van der Waals surface area contributed by atoms with E-state index in [0.717, 1.165) is 26.2 Å². The number of morpholine rings is 1. The quantitative estimate of drug-likeness (QED) is 0.777. The third-order valence-corrected chi connectivity index (χ3v) is 7.06. The van der Waals surface area contributed by atoms with Crippen molar-refractivity contribution in [1.29, 1.82) is 0 Å². The van der Waals surface area contributed by atoms with Crippen molar-refractivity contribution in [2.24, 2.45) is 0 Å². The third kappa shape index (κ3) is 5.43. The Hall–Kier alpha value is -1.43. The smallest absolute Gasteiger partial charge is 0.234 e. The summed E-state index contributed by atoms with van der Waals surface area (Å²) in [4.78, 5) is 17.7. The summed E-state index contributed by atoms with van der Waals surface area (Å²) in [5.41, 5.74) is 4.21. The maximum atomic E-state index is 12.8. The van der Waals surface area contributed by atoms with E-state index in [9.17, 15) is 4.79 Å². The van der Waals surface area contributed by atoms with Gasteiger partial charge in [-0.3, -0.25) is 14.6 Å². The van der Waals surface area contributed by atoms with E-state index in [4.69, 9.17) is 4.74 Å². The predicted molar refractivity (Wildman–Crippen MR) is 121 cm³/mol. The second kappa shape index (κ2) is 9.80. The van der Waals surface area contributed by atoms with Gasteiger partial charge in [-0.1, -0.05) is 18.2 Å². The normalized spacial score (nSPS) is 28.8. The molecule has 5 nitrogen and oxygen atoms in total. The van der Waals surface area contributed by atoms with Crippen molar-refractivity contribution in [1.82, 2.24) is 15.1 Å². The van der Waals surface area contributed by atoms with Gasteiger partial charge in [-0.25, -0.2) is 0 Å². The largest absolute Gasteiger partial charge is 0.373 e. The lowest BCUT2D eigenvalue weighted by Gasteiger charge is -2.38. The number of nitrogens with zero attached hydrogens (tertiary/aromatic N) is 2. The zero-order chi connectivity index (χ0) is 21.1. The molecule has 2 fully saturated rings. The SMILES string of the molecule is C[C@@H]1CN(C[C@@H]2CCCN2CC(=O)N[C@H](C)c2ccc3c(c2)CCCC3)C[C@H](C)O1. The van der Waals surface area contributed by atoms with E-state index in [0.29, 0.717) is 24.8 Å². The Morgan fingerprint density at radius 3 is 2.63 bits per heavy atom. The Morgan fingerprint density at radius 2 is 1.87 bits per heavy atom. The second-order valence-corrected chi connectivity index (χ2v) is 9.77. The Kier molecular flexibility index (Phi) is 7.12. The average molecular weight is 414 g/mol. The van der Waals surface area contributed by atoms with Crippen LogP contribution in [0.15, 0.2) is 18.2 Å². The molecule has 0 bridgehead atoms. The summed E-state index contributed by atoms with van der Waals surface area (Å²) >= 11 is 0. The molecule has 166 valence electrons. The van der Waals surface area contributed by atoms with E-state index < -0.39 is 0 Å². The summed E-state index contributed by atoms with van der Waals surface area (Å²) in [7, 11) is 0. The zero-order valence-corrected chi connectivity index (χ0v) is 19.0. The molecule has 2 aliphatic heterocycles. The van der Waals surface area contributed by atoms with Gasteiger partial charge in [0.25, 0.3) is 0 Å². The van der Waals surface area contributed by atoms with Gasteiger partial charge in [0, 0.05) is 25.7 Å². The monoisotopic (exact) mass is 413 g/mol. The highest BCUT2D eigenvalue weighted by molar-refractivity contribution is 5.78. The number of benzene rings is 1. The van der Waals surface area contributed by atoms with Crippen LogP contribution in [0.5, 0.6) is 0 Å². The number of hydrogen-bond acceptors (Lipinski definition) is 4.